The predicted octanol–water partition coefficient (Wildman–Crippen LogP) is 5.72. The second-order valence-corrected chi connectivity index (χ2v) is 9.24. The number of fused-ring (bicyclic) bond motifs is 2. The summed E-state index contributed by atoms with van der Waals surface area (Å²) in [7, 11) is 0. The molecule has 0 saturated carbocycles. The van der Waals surface area contributed by atoms with Crippen molar-refractivity contribution >= 4 is 10.9 Å². The number of aromatic amines is 2. The molecule has 0 radical (unpaired) electrons. The largest absolute Gasteiger partial charge is 0.505 e. The fourth-order valence-electron chi connectivity index (χ4n) is 4.97. The molecule has 0 amide bonds. The number of nitrogens with one attached hydrogen (secondary N) is 2. The van der Waals surface area contributed by atoms with Gasteiger partial charge in [-0.15, -0.1) is 0 Å². The van der Waals surface area contributed by atoms with Crippen LogP contribution in [0.2, 0.25) is 0 Å². The number of aryl methyl sites for hydroxylation is 1. The van der Waals surface area contributed by atoms with E-state index >= 15 is 0 Å². The number of H-pyrrole nitrogens is 2. The number of halogens is 2. The van der Waals surface area contributed by atoms with Gasteiger partial charge >= 0.3 is 0 Å². The van der Waals surface area contributed by atoms with Gasteiger partial charge in [0.15, 0.2) is 17.4 Å². The third kappa shape index (κ3) is 4.03. The van der Waals surface area contributed by atoms with Gasteiger partial charge in [0.1, 0.15) is 11.5 Å². The van der Waals surface area contributed by atoms with Crippen LogP contribution < -0.4 is 0 Å². The number of phenolic OH excluding ortho intramolecular Hbond substituents is 1. The van der Waals surface area contributed by atoms with Gasteiger partial charge in [-0.3, -0.25) is 10.00 Å². The number of aromatic hydroxyl groups is 1. The Morgan fingerprint density at radius 2 is 1.89 bits per heavy atom. The summed E-state index contributed by atoms with van der Waals surface area (Å²) >= 11 is 0. The Balaban J connectivity index is 1.27. The van der Waals surface area contributed by atoms with Gasteiger partial charge in [-0.2, -0.15) is 5.10 Å². The fourth-order valence-corrected chi connectivity index (χ4v) is 4.97. The van der Waals surface area contributed by atoms with Crippen LogP contribution >= 0.6 is 0 Å². The summed E-state index contributed by atoms with van der Waals surface area (Å²) in [4.78, 5) is 10.6. The molecule has 0 unspecified atom stereocenters. The Kier molecular flexibility index (Phi) is 5.53. The second-order valence-electron chi connectivity index (χ2n) is 9.24. The van der Waals surface area contributed by atoms with Gasteiger partial charge in [0.25, 0.3) is 0 Å². The number of benzene rings is 3. The third-order valence-corrected chi connectivity index (χ3v) is 6.89. The monoisotopic (exact) mass is 485 g/mol. The molecule has 6 nitrogen and oxygen atoms in total. The van der Waals surface area contributed by atoms with Crippen LogP contribution in [0.15, 0.2) is 54.6 Å². The maximum absolute atomic E-state index is 14.1. The Bertz CT molecular complexity index is 1570. The highest BCUT2D eigenvalue weighted by molar-refractivity contribution is 5.94. The summed E-state index contributed by atoms with van der Waals surface area (Å²) in [6, 6.07) is 15.4. The minimum atomic E-state index is -0.637. The number of nitrogens with zero attached hydrogens (tertiary/aromatic N) is 3. The predicted molar refractivity (Wildman–Crippen MR) is 134 cm³/mol. The van der Waals surface area contributed by atoms with E-state index in [0.717, 1.165) is 69.7 Å². The van der Waals surface area contributed by atoms with Crippen LogP contribution in [0.1, 0.15) is 29.4 Å². The van der Waals surface area contributed by atoms with Crippen molar-refractivity contribution in [2.45, 2.75) is 32.9 Å². The molecule has 36 heavy (non-hydrogen) atoms. The molecule has 5 aromatic rings. The van der Waals surface area contributed by atoms with Gasteiger partial charge in [-0.1, -0.05) is 25.1 Å². The highest BCUT2D eigenvalue weighted by Gasteiger charge is 2.23. The zero-order valence-corrected chi connectivity index (χ0v) is 19.8. The molecule has 2 aromatic heterocycles. The number of hydrogen-bond acceptors (Lipinski definition) is 4. The lowest BCUT2D eigenvalue weighted by Crippen LogP contribution is -2.30. The van der Waals surface area contributed by atoms with Crippen molar-refractivity contribution in [2.75, 3.05) is 6.54 Å². The molecule has 182 valence electrons. The lowest BCUT2D eigenvalue weighted by atomic mass is 9.96. The summed E-state index contributed by atoms with van der Waals surface area (Å²) in [6.45, 7) is 4.32. The minimum absolute atomic E-state index is 0.226. The van der Waals surface area contributed by atoms with Crippen LogP contribution in [0, 0.1) is 11.6 Å². The van der Waals surface area contributed by atoms with E-state index in [9.17, 15) is 13.9 Å². The number of aromatic nitrogens is 4. The molecule has 0 saturated heterocycles. The molecule has 0 aliphatic carbocycles. The number of hydrogen-bond donors (Lipinski definition) is 3. The zero-order chi connectivity index (χ0) is 24.8. The smallest absolute Gasteiger partial charge is 0.165 e. The van der Waals surface area contributed by atoms with Gasteiger partial charge < -0.3 is 10.1 Å². The van der Waals surface area contributed by atoms with Crippen molar-refractivity contribution in [2.24, 2.45) is 0 Å². The van der Waals surface area contributed by atoms with Gasteiger partial charge in [-0.05, 0) is 65.1 Å². The molecule has 6 rings (SSSR count). The summed E-state index contributed by atoms with van der Waals surface area (Å²) in [5.74, 6) is -0.482. The molecule has 3 heterocycles. The van der Waals surface area contributed by atoms with E-state index in [4.69, 9.17) is 4.98 Å². The second kappa shape index (κ2) is 8.87. The molecule has 1 aliphatic heterocycles. The maximum atomic E-state index is 14.1. The maximum Gasteiger partial charge on any atom is 0.165 e. The van der Waals surface area contributed by atoms with Crippen molar-refractivity contribution in [1.29, 1.82) is 0 Å². The lowest BCUT2D eigenvalue weighted by Gasteiger charge is -2.25. The van der Waals surface area contributed by atoms with E-state index in [1.165, 1.54) is 24.3 Å². The van der Waals surface area contributed by atoms with Crippen molar-refractivity contribution in [1.82, 2.24) is 25.1 Å². The molecule has 3 N–H and O–H groups in total. The van der Waals surface area contributed by atoms with Crippen molar-refractivity contribution in [3.05, 3.63) is 88.7 Å². The standard InChI is InChI=1S/C28H25F2N5O/c1-2-17-12-26(36)22(30)13-21(17)18-5-8-20-24(11-18)33-34-27(20)28-31-23-9-10-35(15-25(23)32-28)14-16-3-6-19(29)7-4-16/h3-8,11-13,36H,2,9-10,14-15H2,1H3,(H,31,32)(H,33,34). The van der Waals surface area contributed by atoms with Crippen LogP contribution in [-0.4, -0.2) is 36.7 Å². The van der Waals surface area contributed by atoms with Crippen LogP contribution in [0.4, 0.5) is 8.78 Å². The number of imidazole rings is 1. The first-order valence-electron chi connectivity index (χ1n) is 12.0. The van der Waals surface area contributed by atoms with Crippen molar-refractivity contribution in [3.8, 4) is 28.4 Å². The Morgan fingerprint density at radius 3 is 2.69 bits per heavy atom. The van der Waals surface area contributed by atoms with E-state index in [0.29, 0.717) is 18.8 Å². The topological polar surface area (TPSA) is 80.8 Å². The molecular formula is C28H25F2N5O. The van der Waals surface area contributed by atoms with Gasteiger partial charge in [-0.25, -0.2) is 13.8 Å². The highest BCUT2D eigenvalue weighted by atomic mass is 19.1. The van der Waals surface area contributed by atoms with E-state index in [2.05, 4.69) is 20.1 Å². The first-order chi connectivity index (χ1) is 17.5. The van der Waals surface area contributed by atoms with Crippen molar-refractivity contribution < 1.29 is 13.9 Å². The Morgan fingerprint density at radius 1 is 1.06 bits per heavy atom. The highest BCUT2D eigenvalue weighted by Crippen LogP contribution is 2.34. The number of rotatable bonds is 5. The quantitative estimate of drug-likeness (QED) is 0.297. The van der Waals surface area contributed by atoms with Crippen LogP contribution in [0.3, 0.4) is 0 Å². The Labute approximate surface area is 206 Å². The van der Waals surface area contributed by atoms with Crippen LogP contribution in [-0.2, 0) is 25.9 Å². The summed E-state index contributed by atoms with van der Waals surface area (Å²) in [6.07, 6.45) is 1.52. The molecule has 8 heteroatoms. The van der Waals surface area contributed by atoms with E-state index in [-0.39, 0.29) is 11.6 Å². The van der Waals surface area contributed by atoms with E-state index in [1.54, 1.807) is 0 Å². The first-order valence-corrected chi connectivity index (χ1v) is 12.0. The molecule has 0 bridgehead atoms. The normalized spacial score (nSPS) is 13.9. The van der Waals surface area contributed by atoms with Gasteiger partial charge in [0, 0.05) is 37.1 Å². The SMILES string of the molecule is CCc1cc(O)c(F)cc1-c1ccc2c(-c3nc4c([nH]3)CCN(Cc3ccc(F)cc3)C4)n[nH]c2c1. The Hall–Kier alpha value is -4.04. The number of phenols is 1. The molecular weight excluding hydrogens is 460 g/mol. The molecule has 3 aromatic carbocycles. The summed E-state index contributed by atoms with van der Waals surface area (Å²) in [5, 5.41) is 18.3. The molecule has 0 spiro atoms. The minimum Gasteiger partial charge on any atom is -0.505 e. The average molecular weight is 486 g/mol. The summed E-state index contributed by atoms with van der Waals surface area (Å²) in [5.41, 5.74) is 7.22. The van der Waals surface area contributed by atoms with E-state index in [1.807, 2.05) is 37.3 Å². The fraction of sp³-hybridized carbons (Fsp3) is 0.214. The zero-order valence-electron chi connectivity index (χ0n) is 19.8. The first kappa shape index (κ1) is 22.4. The van der Waals surface area contributed by atoms with E-state index < -0.39 is 5.82 Å². The van der Waals surface area contributed by atoms with Gasteiger partial charge in [0.05, 0.1) is 11.2 Å². The molecule has 0 fully saturated rings. The molecule has 1 aliphatic rings. The van der Waals surface area contributed by atoms with Crippen LogP contribution in [0.5, 0.6) is 5.75 Å². The summed E-state index contributed by atoms with van der Waals surface area (Å²) < 4.78 is 27.3. The van der Waals surface area contributed by atoms with Gasteiger partial charge in [0.2, 0.25) is 0 Å². The third-order valence-electron chi connectivity index (χ3n) is 6.89. The van der Waals surface area contributed by atoms with Crippen molar-refractivity contribution in [3.63, 3.8) is 0 Å². The lowest BCUT2D eigenvalue weighted by molar-refractivity contribution is 0.241. The van der Waals surface area contributed by atoms with Crippen LogP contribution in [0.25, 0.3) is 33.5 Å². The average Bonchev–Trinajstić information content (AvgIpc) is 3.50. The molecule has 0 atom stereocenters.